The molecule has 0 bridgehead atoms. The summed E-state index contributed by atoms with van der Waals surface area (Å²) in [5.41, 5.74) is -0.254. The van der Waals surface area contributed by atoms with Crippen LogP contribution in [0.5, 0.6) is 11.5 Å². The largest absolute Gasteiger partial charge is 0.493 e. The topological polar surface area (TPSA) is 94.4 Å². The van der Waals surface area contributed by atoms with Gasteiger partial charge in [0.2, 0.25) is 0 Å². The molecule has 28 heavy (non-hydrogen) atoms. The number of piperazine rings is 1. The van der Waals surface area contributed by atoms with Crippen LogP contribution in [0.2, 0.25) is 0 Å². The molecule has 2 aliphatic rings. The molecule has 1 aromatic carbocycles. The zero-order valence-corrected chi connectivity index (χ0v) is 16.4. The molecule has 2 fully saturated rings. The first-order valence-electron chi connectivity index (χ1n) is 9.53. The zero-order chi connectivity index (χ0) is 20.1. The van der Waals surface area contributed by atoms with Crippen LogP contribution in [0.1, 0.15) is 23.2 Å². The lowest BCUT2D eigenvalue weighted by Gasteiger charge is -2.34. The Morgan fingerprint density at radius 1 is 1.14 bits per heavy atom. The Morgan fingerprint density at radius 2 is 1.86 bits per heavy atom. The molecular formula is C19H27N3O6. The minimum atomic E-state index is -0.556. The van der Waals surface area contributed by atoms with Crippen molar-refractivity contribution in [2.75, 3.05) is 60.2 Å². The molecule has 1 aliphatic heterocycles. The van der Waals surface area contributed by atoms with E-state index in [1.807, 2.05) is 0 Å². The lowest BCUT2D eigenvalue weighted by atomic mass is 10.1. The maximum absolute atomic E-state index is 13.0. The molecule has 9 heteroatoms. The molecule has 1 saturated carbocycles. The van der Waals surface area contributed by atoms with Crippen molar-refractivity contribution >= 4 is 11.6 Å². The van der Waals surface area contributed by atoms with Crippen LogP contribution in [0.3, 0.4) is 0 Å². The average molecular weight is 393 g/mol. The molecule has 154 valence electrons. The van der Waals surface area contributed by atoms with Crippen molar-refractivity contribution in [3.8, 4) is 11.5 Å². The Balaban J connectivity index is 1.75. The molecule has 9 nitrogen and oxygen atoms in total. The van der Waals surface area contributed by atoms with Gasteiger partial charge in [0, 0.05) is 45.9 Å². The summed E-state index contributed by atoms with van der Waals surface area (Å²) in [5, 5.41) is 11.6. The molecular weight excluding hydrogens is 366 g/mol. The molecule has 1 amide bonds. The number of benzene rings is 1. The Bertz CT molecular complexity index is 714. The molecule has 0 N–H and O–H groups in total. The van der Waals surface area contributed by atoms with Gasteiger partial charge in [-0.2, -0.15) is 0 Å². The van der Waals surface area contributed by atoms with E-state index < -0.39 is 4.92 Å². The van der Waals surface area contributed by atoms with E-state index in [1.165, 1.54) is 39.2 Å². The monoisotopic (exact) mass is 393 g/mol. The number of hydrogen-bond acceptors (Lipinski definition) is 7. The van der Waals surface area contributed by atoms with Gasteiger partial charge in [0.1, 0.15) is 12.2 Å². The summed E-state index contributed by atoms with van der Waals surface area (Å²) in [7, 11) is 2.98. The number of nitrogens with zero attached hydrogens (tertiary/aromatic N) is 3. The molecule has 0 unspecified atom stereocenters. The predicted molar refractivity (Wildman–Crippen MR) is 102 cm³/mol. The number of methoxy groups -OCH3 is 2. The quantitative estimate of drug-likeness (QED) is 0.359. The average Bonchev–Trinajstić information content (AvgIpc) is 3.51. The lowest BCUT2D eigenvalue weighted by molar-refractivity contribution is -0.385. The normalized spacial score (nSPS) is 17.4. The summed E-state index contributed by atoms with van der Waals surface area (Å²) in [4.78, 5) is 28.1. The first-order chi connectivity index (χ1) is 13.5. The molecule has 0 atom stereocenters. The summed E-state index contributed by atoms with van der Waals surface area (Å²) in [6.45, 7) is 4.37. The second-order valence-electron chi connectivity index (χ2n) is 7.15. The van der Waals surface area contributed by atoms with Crippen molar-refractivity contribution in [3.63, 3.8) is 0 Å². The third-order valence-electron chi connectivity index (χ3n) is 5.13. The maximum Gasteiger partial charge on any atom is 0.286 e. The van der Waals surface area contributed by atoms with Gasteiger partial charge in [-0.15, -0.1) is 0 Å². The number of amides is 1. The first-order valence-corrected chi connectivity index (χ1v) is 9.53. The maximum atomic E-state index is 13.0. The smallest absolute Gasteiger partial charge is 0.286 e. The van der Waals surface area contributed by atoms with Crippen LogP contribution < -0.4 is 9.47 Å². The molecule has 1 aromatic rings. The van der Waals surface area contributed by atoms with E-state index in [9.17, 15) is 14.9 Å². The summed E-state index contributed by atoms with van der Waals surface area (Å²) < 4.78 is 15.7. The van der Waals surface area contributed by atoms with Gasteiger partial charge in [-0.1, -0.05) is 0 Å². The third kappa shape index (κ3) is 4.90. The van der Waals surface area contributed by atoms with Gasteiger partial charge in [-0.05, 0) is 18.8 Å². The third-order valence-corrected chi connectivity index (χ3v) is 5.13. The van der Waals surface area contributed by atoms with E-state index in [0.29, 0.717) is 19.7 Å². The van der Waals surface area contributed by atoms with Crippen molar-refractivity contribution in [3.05, 3.63) is 27.8 Å². The fraction of sp³-hybridized carbons (Fsp3) is 0.632. The van der Waals surface area contributed by atoms with Crippen LogP contribution in [-0.2, 0) is 4.74 Å². The van der Waals surface area contributed by atoms with Crippen LogP contribution in [0.25, 0.3) is 0 Å². The van der Waals surface area contributed by atoms with Gasteiger partial charge in [0.05, 0.1) is 24.7 Å². The van der Waals surface area contributed by atoms with Crippen molar-refractivity contribution in [1.82, 2.24) is 9.80 Å². The fourth-order valence-corrected chi connectivity index (χ4v) is 3.35. The minimum Gasteiger partial charge on any atom is -0.493 e. The van der Waals surface area contributed by atoms with Crippen molar-refractivity contribution in [2.45, 2.75) is 12.8 Å². The molecule has 0 radical (unpaired) electrons. The molecule has 1 saturated heterocycles. The molecule has 0 aromatic heterocycles. The predicted octanol–water partition coefficient (Wildman–Crippen LogP) is 1.80. The highest BCUT2D eigenvalue weighted by Gasteiger charge is 2.31. The van der Waals surface area contributed by atoms with Crippen LogP contribution >= 0.6 is 0 Å². The Labute approximate surface area is 164 Å². The van der Waals surface area contributed by atoms with Gasteiger partial charge >= 0.3 is 0 Å². The SMILES string of the molecule is COCCOc1cc([N+](=O)[O-])c(C(=O)N2CCN(CC3CC3)CC2)cc1OC. The standard InChI is InChI=1S/C19H27N3O6/c1-26-9-10-28-18-12-16(22(24)25)15(11-17(18)27-2)19(23)21-7-5-20(6-8-21)13-14-3-4-14/h11-12,14H,3-10,13H2,1-2H3. The van der Waals surface area contributed by atoms with E-state index in [1.54, 1.807) is 4.90 Å². The highest BCUT2D eigenvalue weighted by Crippen LogP contribution is 2.35. The van der Waals surface area contributed by atoms with Gasteiger partial charge in [0.25, 0.3) is 11.6 Å². The van der Waals surface area contributed by atoms with Crippen molar-refractivity contribution in [2.24, 2.45) is 5.92 Å². The van der Waals surface area contributed by atoms with Crippen molar-refractivity contribution in [1.29, 1.82) is 0 Å². The summed E-state index contributed by atoms with van der Waals surface area (Å²) in [6, 6.07) is 2.66. The van der Waals surface area contributed by atoms with Crippen LogP contribution in [-0.4, -0.2) is 80.8 Å². The minimum absolute atomic E-state index is 0.0246. The molecule has 3 rings (SSSR count). The Hall–Kier alpha value is -2.39. The van der Waals surface area contributed by atoms with Crippen LogP contribution in [0.4, 0.5) is 5.69 Å². The second kappa shape index (κ2) is 9.20. The number of hydrogen-bond donors (Lipinski definition) is 0. The number of nitro groups is 1. The van der Waals surface area contributed by atoms with Crippen LogP contribution in [0.15, 0.2) is 12.1 Å². The number of ether oxygens (including phenoxy) is 3. The van der Waals surface area contributed by atoms with E-state index in [2.05, 4.69) is 4.90 Å². The van der Waals surface area contributed by atoms with Gasteiger partial charge in [0.15, 0.2) is 11.5 Å². The van der Waals surface area contributed by atoms with Gasteiger partial charge in [-0.25, -0.2) is 0 Å². The van der Waals surface area contributed by atoms with E-state index in [4.69, 9.17) is 14.2 Å². The Morgan fingerprint density at radius 3 is 2.43 bits per heavy atom. The fourth-order valence-electron chi connectivity index (χ4n) is 3.35. The van der Waals surface area contributed by atoms with E-state index in [0.717, 1.165) is 25.6 Å². The van der Waals surface area contributed by atoms with Gasteiger partial charge < -0.3 is 19.1 Å². The van der Waals surface area contributed by atoms with Crippen LogP contribution in [0, 0.1) is 16.0 Å². The zero-order valence-electron chi connectivity index (χ0n) is 16.4. The Kier molecular flexibility index (Phi) is 6.69. The van der Waals surface area contributed by atoms with Crippen molar-refractivity contribution < 1.29 is 23.9 Å². The number of carbonyl (C=O) groups excluding carboxylic acids is 1. The summed E-state index contributed by atoms with van der Waals surface area (Å²) in [5.74, 6) is 0.965. The number of rotatable bonds is 9. The second-order valence-corrected chi connectivity index (χ2v) is 7.15. The van der Waals surface area contributed by atoms with Gasteiger partial charge in [-0.3, -0.25) is 19.8 Å². The summed E-state index contributed by atoms with van der Waals surface area (Å²) in [6.07, 6.45) is 2.59. The molecule has 1 aliphatic carbocycles. The highest BCUT2D eigenvalue weighted by atomic mass is 16.6. The molecule has 0 spiro atoms. The first kappa shape index (κ1) is 20.3. The van der Waals surface area contributed by atoms with E-state index >= 15 is 0 Å². The number of nitro benzene ring substituents is 1. The number of carbonyl (C=O) groups is 1. The van der Waals surface area contributed by atoms with E-state index in [-0.39, 0.29) is 35.3 Å². The highest BCUT2D eigenvalue weighted by molar-refractivity contribution is 5.99. The summed E-state index contributed by atoms with van der Waals surface area (Å²) >= 11 is 0. The molecule has 1 heterocycles. The lowest BCUT2D eigenvalue weighted by Crippen LogP contribution is -2.49.